The van der Waals surface area contributed by atoms with Crippen molar-refractivity contribution >= 4 is 0 Å². The van der Waals surface area contributed by atoms with E-state index in [2.05, 4.69) is 11.3 Å². The molecule has 0 aliphatic carbocycles. The number of ether oxygens (including phenoxy) is 1. The lowest BCUT2D eigenvalue weighted by atomic mass is 10.2. The van der Waals surface area contributed by atoms with Crippen LogP contribution in [0.25, 0.3) is 0 Å². The zero-order valence-corrected chi connectivity index (χ0v) is 6.19. The van der Waals surface area contributed by atoms with Crippen molar-refractivity contribution in [2.45, 2.75) is 24.9 Å². The summed E-state index contributed by atoms with van der Waals surface area (Å²) in [4.78, 5) is 0. The highest BCUT2D eigenvalue weighted by atomic mass is 19.4. The fraction of sp³-hybridized carbons (Fsp3) is 0.667. The molecule has 2 unspecified atom stereocenters. The van der Waals surface area contributed by atoms with Crippen LogP contribution in [0.1, 0.15) is 0 Å². The largest absolute Gasteiger partial charge is 0.486 e. The first-order valence-electron chi connectivity index (χ1n) is 3.06. The molecule has 0 saturated heterocycles. The maximum absolute atomic E-state index is 12.2. The van der Waals surface area contributed by atoms with E-state index in [4.69, 9.17) is 0 Å². The molecule has 78 valence electrons. The molecule has 0 aliphatic heterocycles. The van der Waals surface area contributed by atoms with Gasteiger partial charge in [0.2, 0.25) is 12.3 Å². The maximum Gasteiger partial charge on any atom is 0.428 e. The molecule has 0 amide bonds. The highest BCUT2D eigenvalue weighted by Gasteiger charge is 2.50. The van der Waals surface area contributed by atoms with Crippen LogP contribution < -0.4 is 0 Å². The monoisotopic (exact) mass is 208 g/mol. The summed E-state index contributed by atoms with van der Waals surface area (Å²) in [5.74, 6) is 0. The van der Waals surface area contributed by atoms with E-state index in [-0.39, 0.29) is 6.26 Å². The Morgan fingerprint density at radius 3 is 1.85 bits per heavy atom. The third kappa shape index (κ3) is 3.56. The van der Waals surface area contributed by atoms with E-state index in [0.29, 0.717) is 0 Å². The normalized spacial score (nSPS) is 16.8. The zero-order valence-electron chi connectivity index (χ0n) is 6.19. The zero-order chi connectivity index (χ0) is 10.6. The molecular formula is C6H6F6O. The molecule has 0 rings (SSSR count). The molecule has 0 aromatic heterocycles. The molecule has 0 heterocycles. The van der Waals surface area contributed by atoms with E-state index in [0.717, 1.165) is 0 Å². The molecule has 0 saturated carbocycles. The van der Waals surface area contributed by atoms with Gasteiger partial charge >= 0.3 is 6.18 Å². The fourth-order valence-corrected chi connectivity index (χ4v) is 0.569. The van der Waals surface area contributed by atoms with Crippen molar-refractivity contribution < 1.29 is 31.1 Å². The lowest BCUT2D eigenvalue weighted by molar-refractivity contribution is -0.234. The van der Waals surface area contributed by atoms with Crippen molar-refractivity contribution in [1.29, 1.82) is 0 Å². The van der Waals surface area contributed by atoms with E-state index in [1.807, 2.05) is 0 Å². The first-order valence-corrected chi connectivity index (χ1v) is 3.06. The number of hydrogen-bond acceptors (Lipinski definition) is 1. The van der Waals surface area contributed by atoms with Crippen molar-refractivity contribution in [2.75, 3.05) is 0 Å². The molecule has 0 aliphatic rings. The summed E-state index contributed by atoms with van der Waals surface area (Å²) >= 11 is 0. The molecule has 0 N–H and O–H groups in total. The smallest absolute Gasteiger partial charge is 0.428 e. The van der Waals surface area contributed by atoms with Crippen molar-refractivity contribution in [2.24, 2.45) is 0 Å². The Morgan fingerprint density at radius 2 is 1.62 bits per heavy atom. The molecule has 0 radical (unpaired) electrons. The second-order valence-corrected chi connectivity index (χ2v) is 2.04. The quantitative estimate of drug-likeness (QED) is 0.509. The summed E-state index contributed by atoms with van der Waals surface area (Å²) in [5, 5.41) is 0. The molecular weight excluding hydrogens is 202 g/mol. The molecule has 7 heteroatoms. The van der Waals surface area contributed by atoms with Gasteiger partial charge in [-0.25, -0.2) is 13.2 Å². The molecule has 0 fully saturated rings. The highest BCUT2D eigenvalue weighted by Crippen LogP contribution is 2.29. The van der Waals surface area contributed by atoms with Gasteiger partial charge in [0.25, 0.3) is 6.43 Å². The summed E-state index contributed by atoms with van der Waals surface area (Å²) in [7, 11) is 0. The first-order chi connectivity index (χ1) is 5.80. The van der Waals surface area contributed by atoms with Crippen molar-refractivity contribution in [1.82, 2.24) is 0 Å². The summed E-state index contributed by atoms with van der Waals surface area (Å²) in [5.41, 5.74) is 0. The SMILES string of the molecule is C=COC(C(F)C(F)F)C(F)(F)F. The minimum atomic E-state index is -5.18. The van der Waals surface area contributed by atoms with Gasteiger partial charge in [0, 0.05) is 0 Å². The van der Waals surface area contributed by atoms with E-state index < -0.39 is 24.9 Å². The second-order valence-electron chi connectivity index (χ2n) is 2.04. The standard InChI is InChI=1S/C6H6F6O/c1-2-13-4(6(10,11)12)3(7)5(8)9/h2-5H,1H2. The lowest BCUT2D eigenvalue weighted by Gasteiger charge is -2.22. The average Bonchev–Trinajstić information content (AvgIpc) is 1.96. The highest BCUT2D eigenvalue weighted by molar-refractivity contribution is 4.80. The lowest BCUT2D eigenvalue weighted by Crippen LogP contribution is -2.42. The summed E-state index contributed by atoms with van der Waals surface area (Å²) in [6.45, 7) is 2.72. The Balaban J connectivity index is 4.50. The van der Waals surface area contributed by atoms with Crippen LogP contribution in [0.2, 0.25) is 0 Å². The Morgan fingerprint density at radius 1 is 1.15 bits per heavy atom. The number of halogens is 6. The topological polar surface area (TPSA) is 9.23 Å². The molecule has 1 nitrogen and oxygen atoms in total. The summed E-state index contributed by atoms with van der Waals surface area (Å²) in [6, 6.07) is 0. The van der Waals surface area contributed by atoms with Gasteiger partial charge in [-0.05, 0) is 0 Å². The van der Waals surface area contributed by atoms with Gasteiger partial charge in [-0.3, -0.25) is 0 Å². The molecule has 0 aromatic rings. The Labute approximate surface area is 70.0 Å². The van der Waals surface area contributed by atoms with Crippen molar-refractivity contribution in [3.05, 3.63) is 12.8 Å². The predicted molar refractivity (Wildman–Crippen MR) is 32.0 cm³/mol. The minimum absolute atomic E-state index is 0.271. The molecule has 0 spiro atoms. The van der Waals surface area contributed by atoms with Crippen LogP contribution in [-0.4, -0.2) is 24.9 Å². The van der Waals surface area contributed by atoms with Gasteiger partial charge in [0.15, 0.2) is 0 Å². The Kier molecular flexibility index (Phi) is 4.09. The van der Waals surface area contributed by atoms with Crippen LogP contribution in [0.3, 0.4) is 0 Å². The van der Waals surface area contributed by atoms with Crippen LogP contribution in [-0.2, 0) is 4.74 Å². The van der Waals surface area contributed by atoms with Crippen molar-refractivity contribution in [3.8, 4) is 0 Å². The first kappa shape index (κ1) is 12.1. The molecule has 13 heavy (non-hydrogen) atoms. The number of alkyl halides is 6. The van der Waals surface area contributed by atoms with Crippen LogP contribution in [0.5, 0.6) is 0 Å². The van der Waals surface area contributed by atoms with Gasteiger partial charge in [-0.2, -0.15) is 13.2 Å². The van der Waals surface area contributed by atoms with Gasteiger partial charge in [0.1, 0.15) is 0 Å². The minimum Gasteiger partial charge on any atom is -0.486 e. The van der Waals surface area contributed by atoms with E-state index in [1.165, 1.54) is 0 Å². The fourth-order valence-electron chi connectivity index (χ4n) is 0.569. The van der Waals surface area contributed by atoms with Gasteiger partial charge < -0.3 is 4.74 Å². The maximum atomic E-state index is 12.2. The Bertz CT molecular complexity index is 165. The number of hydrogen-bond donors (Lipinski definition) is 0. The summed E-state index contributed by atoms with van der Waals surface area (Å²) < 4.78 is 74.2. The third-order valence-corrected chi connectivity index (χ3v) is 1.10. The van der Waals surface area contributed by atoms with Gasteiger partial charge in [-0.1, -0.05) is 6.58 Å². The molecule has 2 atom stereocenters. The van der Waals surface area contributed by atoms with E-state index >= 15 is 0 Å². The Hall–Kier alpha value is -0.880. The van der Waals surface area contributed by atoms with Crippen LogP contribution in [0.4, 0.5) is 26.3 Å². The van der Waals surface area contributed by atoms with Crippen LogP contribution in [0.15, 0.2) is 12.8 Å². The number of rotatable bonds is 4. The van der Waals surface area contributed by atoms with Crippen molar-refractivity contribution in [3.63, 3.8) is 0 Å². The molecule has 0 aromatic carbocycles. The van der Waals surface area contributed by atoms with E-state index in [1.54, 1.807) is 0 Å². The third-order valence-electron chi connectivity index (χ3n) is 1.10. The average molecular weight is 208 g/mol. The van der Waals surface area contributed by atoms with Crippen LogP contribution >= 0.6 is 0 Å². The van der Waals surface area contributed by atoms with Gasteiger partial charge in [0.05, 0.1) is 6.26 Å². The van der Waals surface area contributed by atoms with E-state index in [9.17, 15) is 26.3 Å². The second kappa shape index (κ2) is 4.38. The van der Waals surface area contributed by atoms with Crippen LogP contribution in [0, 0.1) is 0 Å². The molecule has 0 bridgehead atoms. The predicted octanol–water partition coefficient (Wildman–Crippen LogP) is 2.68. The van der Waals surface area contributed by atoms with Gasteiger partial charge in [-0.15, -0.1) is 0 Å². The summed E-state index contributed by atoms with van der Waals surface area (Å²) in [6.07, 6.45) is -15.2.